The highest BCUT2D eigenvalue weighted by molar-refractivity contribution is 6.09. The van der Waals surface area contributed by atoms with Crippen LogP contribution in [-0.2, 0) is 23.6 Å². The van der Waals surface area contributed by atoms with Crippen molar-refractivity contribution < 1.29 is 20.4 Å². The van der Waals surface area contributed by atoms with Gasteiger partial charge in [0, 0.05) is 68.1 Å². The van der Waals surface area contributed by atoms with Gasteiger partial charge < -0.3 is 19.3 Å². The minimum absolute atomic E-state index is 0.0144. The lowest BCUT2D eigenvalue weighted by molar-refractivity contribution is 0.332. The molecule has 10 aromatic rings. The summed E-state index contributed by atoms with van der Waals surface area (Å²) in [4.78, 5) is 9.72. The van der Waals surface area contributed by atoms with E-state index in [9.17, 15) is 8.22 Å². The van der Waals surface area contributed by atoms with Gasteiger partial charge in [-0.3, -0.25) is 4.57 Å². The molecule has 6 heteroatoms. The van der Waals surface area contributed by atoms with Crippen LogP contribution in [0, 0.1) is 11.8 Å². The van der Waals surface area contributed by atoms with Crippen LogP contribution in [0.15, 0.2) is 182 Å². The number of anilines is 4. The van der Waals surface area contributed by atoms with E-state index in [1.54, 1.807) is 35.0 Å². The molecule has 1 aliphatic carbocycles. The first-order valence-corrected chi connectivity index (χ1v) is 26.6. The maximum absolute atomic E-state index is 9.85. The van der Waals surface area contributed by atoms with E-state index in [0.717, 1.165) is 57.8 Å². The van der Waals surface area contributed by atoms with E-state index in [2.05, 4.69) is 98.2 Å². The first-order chi connectivity index (χ1) is 40.0. The Kier molecular flexibility index (Phi) is 9.49. The molecule has 3 aliphatic heterocycles. The van der Waals surface area contributed by atoms with E-state index in [1.165, 1.54) is 11.1 Å². The quantitative estimate of drug-likeness (QED) is 0.172. The van der Waals surface area contributed by atoms with Crippen LogP contribution < -0.4 is 19.3 Å². The van der Waals surface area contributed by atoms with Crippen molar-refractivity contribution >= 4 is 44.6 Å². The number of hydrogen-bond acceptors (Lipinski definition) is 5. The van der Waals surface area contributed by atoms with Crippen molar-refractivity contribution in [1.29, 1.82) is 0 Å². The second-order valence-corrected chi connectivity index (χ2v) is 22.5. The van der Waals surface area contributed by atoms with Gasteiger partial charge in [0.05, 0.1) is 33.6 Å². The number of aromatic nitrogens is 2. The van der Waals surface area contributed by atoms with Gasteiger partial charge in [0.15, 0.2) is 0 Å². The molecule has 0 fully saturated rings. The molecule has 8 aromatic carbocycles. The Labute approximate surface area is 459 Å². The number of pyridine rings is 1. The molecular formula is C70H66N4O2. The first kappa shape index (κ1) is 39.3. The molecule has 6 nitrogen and oxygen atoms in total. The average Bonchev–Trinajstić information content (AvgIpc) is 3.45. The minimum atomic E-state index is -1.97. The SMILES string of the molecule is [2H]c1c([2H])c([2H])c2c(c1[2H])c1ccc3cc1n2-c1cc(C([2H])([2H])C(C)C)c(cn1)-c1ccccc1Oc1ccccc1-c1cccc(-c2ccc4c(c2)C(C)(C)CCC4(C)C)c1N1CN(c2ccc(C([2H])([2H])C(C)C)c(c2)O3)c2ccccc21. The summed E-state index contributed by atoms with van der Waals surface area (Å²) in [7, 11) is 0. The Balaban J connectivity index is 1.12. The van der Waals surface area contributed by atoms with Gasteiger partial charge in [-0.2, -0.15) is 0 Å². The van der Waals surface area contributed by atoms with Gasteiger partial charge in [-0.1, -0.05) is 165 Å². The molecule has 0 amide bonds. The molecule has 76 heavy (non-hydrogen) atoms. The lowest BCUT2D eigenvalue weighted by Crippen LogP contribution is -2.33. The molecule has 0 saturated carbocycles. The van der Waals surface area contributed by atoms with Gasteiger partial charge in [-0.25, -0.2) is 4.98 Å². The van der Waals surface area contributed by atoms with E-state index < -0.39 is 30.6 Å². The Morgan fingerprint density at radius 2 is 1.21 bits per heavy atom. The van der Waals surface area contributed by atoms with Gasteiger partial charge in [0.1, 0.15) is 35.5 Å². The standard InChI is InChI=1S/C70H66N4O2/c1-44(2)36-47-28-30-49-40-66(47)75-50-31-32-53-52-18-9-12-23-60(52)74(63(53)41-50)67-39-48(37-45(3)4)57(42-71-67)55-20-11-16-27-65(55)76-64-26-15-10-19-54(64)56-22-17-21-51(68(56)73-43-72(49)61-24-13-14-25-62(61)73)46-29-33-58-59(38-46)70(7,8)35-34-69(58,5)6/h9-33,38-42,44-45H,34-37,43H2,1-8H3/i9D,12D,18D,23D,36D2,37D2. The molecule has 0 spiro atoms. The van der Waals surface area contributed by atoms with Crippen LogP contribution in [-0.4, -0.2) is 16.2 Å². The highest BCUT2D eigenvalue weighted by Gasteiger charge is 2.38. The summed E-state index contributed by atoms with van der Waals surface area (Å²) < 4.78 is 91.2. The maximum Gasteiger partial charge on any atom is 0.137 e. The summed E-state index contributed by atoms with van der Waals surface area (Å²) in [5.41, 5.74) is 12.5. The molecule has 0 atom stereocenters. The van der Waals surface area contributed by atoms with Gasteiger partial charge in [-0.05, 0) is 131 Å². The lowest BCUT2D eigenvalue weighted by Gasteiger charge is -2.42. The van der Waals surface area contributed by atoms with Crippen molar-refractivity contribution in [3.63, 3.8) is 0 Å². The number of hydrogen-bond donors (Lipinski definition) is 0. The van der Waals surface area contributed by atoms with Gasteiger partial charge >= 0.3 is 0 Å². The Bertz CT molecular complexity index is 4350. The van der Waals surface area contributed by atoms with Crippen molar-refractivity contribution in [2.75, 3.05) is 16.5 Å². The van der Waals surface area contributed by atoms with Crippen molar-refractivity contribution in [3.8, 4) is 62.2 Å². The second kappa shape index (κ2) is 18.3. The van der Waals surface area contributed by atoms with E-state index in [4.69, 9.17) is 17.2 Å². The molecular weight excluding hydrogens is 929 g/mol. The summed E-state index contributed by atoms with van der Waals surface area (Å²) in [6.07, 6.45) is -0.0107. The third-order valence-electron chi connectivity index (χ3n) is 15.7. The van der Waals surface area contributed by atoms with Crippen LogP contribution in [0.5, 0.6) is 23.0 Å². The maximum atomic E-state index is 9.85. The highest BCUT2D eigenvalue weighted by atomic mass is 16.5. The molecule has 0 N–H and O–H groups in total. The van der Waals surface area contributed by atoms with Crippen molar-refractivity contribution in [2.24, 2.45) is 11.8 Å². The fourth-order valence-corrected chi connectivity index (χ4v) is 11.9. The van der Waals surface area contributed by atoms with Crippen LogP contribution in [0.1, 0.15) is 101 Å². The summed E-state index contributed by atoms with van der Waals surface area (Å²) in [5.74, 6) is 0.908. The zero-order valence-corrected chi connectivity index (χ0v) is 44.4. The molecule has 4 aliphatic rings. The largest absolute Gasteiger partial charge is 0.457 e. The van der Waals surface area contributed by atoms with E-state index in [0.29, 0.717) is 57.1 Å². The first-order valence-electron chi connectivity index (χ1n) is 30.6. The van der Waals surface area contributed by atoms with E-state index in [1.807, 2.05) is 94.4 Å². The van der Waals surface area contributed by atoms with Crippen LogP contribution in [0.25, 0.3) is 61.0 Å². The number of benzene rings is 8. The topological polar surface area (TPSA) is 42.8 Å². The molecule has 0 radical (unpaired) electrons. The second-order valence-electron chi connectivity index (χ2n) is 22.5. The Morgan fingerprint density at radius 3 is 1.97 bits per heavy atom. The summed E-state index contributed by atoms with van der Waals surface area (Å²) in [6.45, 7) is 17.2. The molecule has 14 rings (SSSR count). The molecule has 378 valence electrons. The predicted octanol–water partition coefficient (Wildman–Crippen LogP) is 19.1. The zero-order valence-electron chi connectivity index (χ0n) is 52.4. The average molecular weight is 1000 g/mol. The number of fused-ring (bicyclic) bond motifs is 6. The van der Waals surface area contributed by atoms with Crippen molar-refractivity contribution in [2.45, 2.75) is 91.8 Å². The number of nitrogens with zero attached hydrogens (tertiary/aromatic N) is 4. The molecule has 0 saturated heterocycles. The summed E-state index contributed by atoms with van der Waals surface area (Å²) in [6, 6.07) is 48.9. The number of ether oxygens (including phenoxy) is 2. The summed E-state index contributed by atoms with van der Waals surface area (Å²) in [5, 5.41) is 0.766. The minimum Gasteiger partial charge on any atom is -0.457 e. The van der Waals surface area contributed by atoms with Crippen molar-refractivity contribution in [1.82, 2.24) is 9.55 Å². The lowest BCUT2D eigenvalue weighted by atomic mass is 9.63. The fourth-order valence-electron chi connectivity index (χ4n) is 11.9. The van der Waals surface area contributed by atoms with E-state index >= 15 is 0 Å². The molecule has 0 unspecified atom stereocenters. The summed E-state index contributed by atoms with van der Waals surface area (Å²) >= 11 is 0. The fraction of sp³-hybridized carbons (Fsp3) is 0.243. The molecule has 8 bridgehead atoms. The zero-order chi connectivity index (χ0) is 59.1. The molecule has 2 aromatic heterocycles. The van der Waals surface area contributed by atoms with Crippen LogP contribution in [0.3, 0.4) is 0 Å². The number of rotatable bonds is 5. The third-order valence-corrected chi connectivity index (χ3v) is 15.7. The predicted molar refractivity (Wildman–Crippen MR) is 316 cm³/mol. The van der Waals surface area contributed by atoms with Gasteiger partial charge in [0.25, 0.3) is 0 Å². The van der Waals surface area contributed by atoms with Crippen LogP contribution in [0.2, 0.25) is 0 Å². The smallest absolute Gasteiger partial charge is 0.137 e. The van der Waals surface area contributed by atoms with Crippen LogP contribution >= 0.6 is 0 Å². The van der Waals surface area contributed by atoms with E-state index in [-0.39, 0.29) is 51.4 Å². The number of para-hydroxylation sites is 6. The Morgan fingerprint density at radius 1 is 0.553 bits per heavy atom. The third kappa shape index (κ3) is 8.12. The van der Waals surface area contributed by atoms with Gasteiger partial charge in [-0.15, -0.1) is 0 Å². The highest BCUT2D eigenvalue weighted by Crippen LogP contribution is 2.54. The molecule has 5 heterocycles. The van der Waals surface area contributed by atoms with Crippen molar-refractivity contribution in [3.05, 3.63) is 204 Å². The Hall–Kier alpha value is -8.09. The van der Waals surface area contributed by atoms with Crippen LogP contribution in [0.4, 0.5) is 22.7 Å². The normalized spacial score (nSPS) is 17.0. The van der Waals surface area contributed by atoms with Gasteiger partial charge in [0.2, 0.25) is 0 Å². The monoisotopic (exact) mass is 1000 g/mol.